The third kappa shape index (κ3) is 2.57. The Kier molecular flexibility index (Phi) is 5.29. The molecule has 0 aliphatic rings. The molecule has 4 heteroatoms. The molecule has 0 saturated carbocycles. The van der Waals surface area contributed by atoms with Gasteiger partial charge in [-0.05, 0) is 48.7 Å². The molecule has 0 aromatic rings. The number of rotatable bonds is 5. The predicted molar refractivity (Wildman–Crippen MR) is 67.8 cm³/mol. The second-order valence-corrected chi connectivity index (χ2v) is 6.24. The van der Waals surface area contributed by atoms with E-state index in [-0.39, 0.29) is 5.29 Å². The lowest BCUT2D eigenvalue weighted by Gasteiger charge is -2.50. The van der Waals surface area contributed by atoms with E-state index in [0.717, 1.165) is 10.2 Å². The maximum Gasteiger partial charge on any atom is 0.0666 e. The van der Waals surface area contributed by atoms with Crippen LogP contribution in [0.3, 0.4) is 0 Å². The van der Waals surface area contributed by atoms with Gasteiger partial charge in [-0.25, -0.2) is 0 Å². The fourth-order valence-corrected chi connectivity index (χ4v) is 3.16. The highest BCUT2D eigenvalue weighted by molar-refractivity contribution is 6.15. The lowest BCUT2D eigenvalue weighted by Crippen LogP contribution is -2.66. The summed E-state index contributed by atoms with van der Waals surface area (Å²) < 4.78 is 0. The molecule has 3 nitrogen and oxygen atoms in total. The first kappa shape index (κ1) is 14.1. The summed E-state index contributed by atoms with van der Waals surface area (Å²) in [5.74, 6) is 0. The summed E-state index contributed by atoms with van der Waals surface area (Å²) in [6.07, 6.45) is 1.19. The van der Waals surface area contributed by atoms with Crippen LogP contribution >= 0.6 is 0 Å². The zero-order valence-electron chi connectivity index (χ0n) is 11.1. The van der Waals surface area contributed by atoms with Gasteiger partial charge in [-0.1, -0.05) is 6.92 Å². The fourth-order valence-electron chi connectivity index (χ4n) is 2.24. The van der Waals surface area contributed by atoms with Gasteiger partial charge in [-0.2, -0.15) is 0 Å². The van der Waals surface area contributed by atoms with E-state index in [0.29, 0.717) is 6.04 Å². The van der Waals surface area contributed by atoms with E-state index in [4.69, 9.17) is 0 Å². The first-order valence-corrected chi connectivity index (χ1v) is 6.29. The van der Waals surface area contributed by atoms with Gasteiger partial charge in [0.2, 0.25) is 0 Å². The minimum absolute atomic E-state index is 0.220. The fraction of sp³-hybridized carbons (Fsp3) is 1.00. The van der Waals surface area contributed by atoms with Gasteiger partial charge in [-0.3, -0.25) is 9.80 Å². The standard InChI is InChI=1S/C10H27N3Si/c1-8-9(11(2)3)10(14,12(4)5)13(6)7/h9H,8H2,1-7,14H3. The van der Waals surface area contributed by atoms with Gasteiger partial charge >= 0.3 is 0 Å². The topological polar surface area (TPSA) is 9.72 Å². The molecule has 14 heavy (non-hydrogen) atoms. The van der Waals surface area contributed by atoms with E-state index in [2.05, 4.69) is 63.9 Å². The second-order valence-electron chi connectivity index (χ2n) is 4.77. The third-order valence-corrected chi connectivity index (χ3v) is 5.91. The van der Waals surface area contributed by atoms with Gasteiger partial charge in [0, 0.05) is 16.3 Å². The summed E-state index contributed by atoms with van der Waals surface area (Å²) in [4.78, 5) is 7.05. The smallest absolute Gasteiger partial charge is 0.0666 e. The van der Waals surface area contributed by atoms with Crippen LogP contribution < -0.4 is 0 Å². The summed E-state index contributed by atoms with van der Waals surface area (Å²) >= 11 is 0. The predicted octanol–water partition coefficient (Wildman–Crippen LogP) is -0.531. The lowest BCUT2D eigenvalue weighted by atomic mass is 10.1. The molecule has 0 saturated heterocycles. The summed E-state index contributed by atoms with van der Waals surface area (Å²) in [6.45, 7) is 2.27. The van der Waals surface area contributed by atoms with Gasteiger partial charge in [-0.15, -0.1) is 0 Å². The zero-order chi connectivity index (χ0) is 11.5. The van der Waals surface area contributed by atoms with Crippen molar-refractivity contribution in [1.29, 1.82) is 0 Å². The van der Waals surface area contributed by atoms with Crippen LogP contribution in [0.5, 0.6) is 0 Å². The highest BCUT2D eigenvalue weighted by Crippen LogP contribution is 2.21. The Balaban J connectivity index is 4.96. The normalized spacial score (nSPS) is 15.9. The van der Waals surface area contributed by atoms with Crippen molar-refractivity contribution in [1.82, 2.24) is 14.7 Å². The van der Waals surface area contributed by atoms with Crippen LogP contribution in [-0.4, -0.2) is 78.6 Å². The Hall–Kier alpha value is 0.0969. The molecule has 0 heterocycles. The molecule has 0 aromatic carbocycles. The molecule has 0 fully saturated rings. The van der Waals surface area contributed by atoms with Gasteiger partial charge in [0.1, 0.15) is 0 Å². The van der Waals surface area contributed by atoms with Crippen molar-refractivity contribution < 1.29 is 0 Å². The molecule has 0 bridgehead atoms. The van der Waals surface area contributed by atoms with Crippen molar-refractivity contribution in [2.45, 2.75) is 24.7 Å². The number of hydrogen-bond acceptors (Lipinski definition) is 3. The molecule has 1 atom stereocenters. The van der Waals surface area contributed by atoms with Crippen LogP contribution in [-0.2, 0) is 0 Å². The van der Waals surface area contributed by atoms with E-state index < -0.39 is 0 Å². The van der Waals surface area contributed by atoms with Crippen molar-refractivity contribution in [3.8, 4) is 0 Å². The van der Waals surface area contributed by atoms with Crippen molar-refractivity contribution in [3.63, 3.8) is 0 Å². The van der Waals surface area contributed by atoms with Gasteiger partial charge in [0.15, 0.2) is 0 Å². The minimum Gasteiger partial charge on any atom is -0.304 e. The van der Waals surface area contributed by atoms with Crippen molar-refractivity contribution in [2.75, 3.05) is 42.3 Å². The molecule has 0 aliphatic carbocycles. The maximum atomic E-state index is 2.35. The molecule has 0 radical (unpaired) electrons. The van der Waals surface area contributed by atoms with Crippen LogP contribution in [0.4, 0.5) is 0 Å². The van der Waals surface area contributed by atoms with Crippen LogP contribution in [0.2, 0.25) is 0 Å². The van der Waals surface area contributed by atoms with E-state index in [1.54, 1.807) is 0 Å². The highest BCUT2D eigenvalue weighted by atomic mass is 28.1. The number of likely N-dealkylation sites (N-methyl/N-ethyl adjacent to an activating group) is 3. The quantitative estimate of drug-likeness (QED) is 0.453. The zero-order valence-corrected chi connectivity index (χ0v) is 13.1. The van der Waals surface area contributed by atoms with Crippen LogP contribution in [0.15, 0.2) is 0 Å². The van der Waals surface area contributed by atoms with E-state index >= 15 is 0 Å². The largest absolute Gasteiger partial charge is 0.304 e. The number of hydrogen-bond donors (Lipinski definition) is 0. The van der Waals surface area contributed by atoms with E-state index in [1.165, 1.54) is 6.42 Å². The Labute approximate surface area is 92.5 Å². The van der Waals surface area contributed by atoms with Crippen LogP contribution in [0, 0.1) is 0 Å². The summed E-state index contributed by atoms with van der Waals surface area (Å²) in [5.41, 5.74) is 0. The monoisotopic (exact) mass is 217 g/mol. The molecule has 86 valence electrons. The Morgan fingerprint density at radius 2 is 1.36 bits per heavy atom. The van der Waals surface area contributed by atoms with Crippen LogP contribution in [0.25, 0.3) is 0 Å². The second kappa shape index (κ2) is 5.26. The van der Waals surface area contributed by atoms with Crippen LogP contribution in [0.1, 0.15) is 13.3 Å². The Morgan fingerprint density at radius 3 is 1.43 bits per heavy atom. The summed E-state index contributed by atoms with van der Waals surface area (Å²) in [5, 5.41) is 0.220. The number of nitrogens with zero attached hydrogens (tertiary/aromatic N) is 3. The van der Waals surface area contributed by atoms with Crippen molar-refractivity contribution in [2.24, 2.45) is 0 Å². The Morgan fingerprint density at radius 1 is 1.00 bits per heavy atom. The molecular formula is C10H27N3Si. The van der Waals surface area contributed by atoms with Gasteiger partial charge < -0.3 is 4.90 Å². The molecule has 0 N–H and O–H groups in total. The Bertz CT molecular complexity index is 161. The molecule has 1 unspecified atom stereocenters. The summed E-state index contributed by atoms with van der Waals surface area (Å²) in [6, 6.07) is 0.596. The minimum atomic E-state index is 0.220. The molecule has 0 amide bonds. The SMILES string of the molecule is CCC(N(C)C)C([SiH3])(N(C)C)N(C)C. The average molecular weight is 217 g/mol. The average Bonchev–Trinajstić information content (AvgIpc) is 2.03. The third-order valence-electron chi connectivity index (χ3n) is 3.45. The first-order chi connectivity index (χ1) is 6.28. The lowest BCUT2D eigenvalue weighted by molar-refractivity contribution is 0.00648. The molecule has 0 aromatic heterocycles. The van der Waals surface area contributed by atoms with E-state index in [9.17, 15) is 0 Å². The van der Waals surface area contributed by atoms with E-state index in [1.807, 2.05) is 0 Å². The van der Waals surface area contributed by atoms with Crippen molar-refractivity contribution >= 4 is 10.2 Å². The highest BCUT2D eigenvalue weighted by Gasteiger charge is 2.38. The molecule has 0 rings (SSSR count). The van der Waals surface area contributed by atoms with Gasteiger partial charge in [0.25, 0.3) is 0 Å². The maximum absolute atomic E-state index is 2.35. The van der Waals surface area contributed by atoms with Crippen molar-refractivity contribution in [3.05, 3.63) is 0 Å². The van der Waals surface area contributed by atoms with Gasteiger partial charge in [0.05, 0.1) is 5.29 Å². The first-order valence-electron chi connectivity index (χ1n) is 5.29. The summed E-state index contributed by atoms with van der Waals surface area (Å²) in [7, 11) is 14.2. The molecule has 0 aliphatic heterocycles. The molecular weight excluding hydrogens is 190 g/mol. The molecule has 0 spiro atoms.